The summed E-state index contributed by atoms with van der Waals surface area (Å²) in [5.41, 5.74) is 11.6. The number of rotatable bonds is 4. The molecule has 0 aliphatic rings. The van der Waals surface area contributed by atoms with Gasteiger partial charge in [0, 0.05) is 11.6 Å². The number of para-hydroxylation sites is 1. The third kappa shape index (κ3) is 2.74. The van der Waals surface area contributed by atoms with Crippen molar-refractivity contribution in [2.75, 3.05) is 6.61 Å². The fourth-order valence-corrected chi connectivity index (χ4v) is 1.14. The lowest BCUT2D eigenvalue weighted by Crippen LogP contribution is -2.21. The first kappa shape index (κ1) is 10.5. The second-order valence-corrected chi connectivity index (χ2v) is 3.08. The van der Waals surface area contributed by atoms with Crippen molar-refractivity contribution >= 4 is 5.91 Å². The van der Waals surface area contributed by atoms with E-state index in [0.717, 1.165) is 5.56 Å². The zero-order valence-corrected chi connectivity index (χ0v) is 8.07. The highest BCUT2D eigenvalue weighted by molar-refractivity contribution is 5.75. The Balaban J connectivity index is 2.79. The second-order valence-electron chi connectivity index (χ2n) is 3.08. The number of nitrogens with two attached hydrogens (primary N) is 2. The first-order valence-corrected chi connectivity index (χ1v) is 4.37. The number of carbonyl (C=O) groups is 1. The van der Waals surface area contributed by atoms with Crippen molar-refractivity contribution in [1.29, 1.82) is 0 Å². The topological polar surface area (TPSA) is 78.3 Å². The van der Waals surface area contributed by atoms with E-state index < -0.39 is 5.91 Å². The maximum atomic E-state index is 10.5. The lowest BCUT2D eigenvalue weighted by molar-refractivity contribution is -0.119. The van der Waals surface area contributed by atoms with Crippen molar-refractivity contribution in [3.05, 3.63) is 29.8 Å². The van der Waals surface area contributed by atoms with Gasteiger partial charge in [0.15, 0.2) is 6.61 Å². The first-order chi connectivity index (χ1) is 6.61. The normalized spacial score (nSPS) is 12.1. The van der Waals surface area contributed by atoms with Gasteiger partial charge in [0.2, 0.25) is 0 Å². The molecule has 1 amide bonds. The highest BCUT2D eigenvalue weighted by atomic mass is 16.5. The highest BCUT2D eigenvalue weighted by Gasteiger charge is 2.07. The van der Waals surface area contributed by atoms with Crippen LogP contribution in [0, 0.1) is 0 Å². The summed E-state index contributed by atoms with van der Waals surface area (Å²) in [6, 6.07) is 7.19. The summed E-state index contributed by atoms with van der Waals surface area (Å²) in [7, 11) is 0. The van der Waals surface area contributed by atoms with Crippen LogP contribution < -0.4 is 16.2 Å². The van der Waals surface area contributed by atoms with Gasteiger partial charge in [0.05, 0.1) is 0 Å². The largest absolute Gasteiger partial charge is 0.483 e. The van der Waals surface area contributed by atoms with E-state index in [-0.39, 0.29) is 12.6 Å². The monoisotopic (exact) mass is 194 g/mol. The van der Waals surface area contributed by atoms with E-state index in [9.17, 15) is 4.79 Å². The maximum absolute atomic E-state index is 10.5. The molecule has 1 rings (SSSR count). The molecule has 0 aromatic heterocycles. The molecule has 0 aliphatic carbocycles. The molecule has 1 atom stereocenters. The minimum Gasteiger partial charge on any atom is -0.483 e. The Morgan fingerprint density at radius 1 is 1.50 bits per heavy atom. The van der Waals surface area contributed by atoms with Crippen LogP contribution >= 0.6 is 0 Å². The number of amides is 1. The lowest BCUT2D eigenvalue weighted by atomic mass is 10.1. The summed E-state index contributed by atoms with van der Waals surface area (Å²) in [4.78, 5) is 10.5. The number of carbonyl (C=O) groups excluding carboxylic acids is 1. The van der Waals surface area contributed by atoms with Crippen LogP contribution in [0.4, 0.5) is 0 Å². The summed E-state index contributed by atoms with van der Waals surface area (Å²) >= 11 is 0. The third-order valence-corrected chi connectivity index (χ3v) is 1.78. The Hall–Kier alpha value is -1.55. The third-order valence-electron chi connectivity index (χ3n) is 1.78. The van der Waals surface area contributed by atoms with Crippen LogP contribution in [-0.2, 0) is 4.79 Å². The summed E-state index contributed by atoms with van der Waals surface area (Å²) < 4.78 is 5.21. The predicted octanol–water partition coefficient (Wildman–Crippen LogP) is 0.570. The van der Waals surface area contributed by atoms with E-state index in [0.29, 0.717) is 5.75 Å². The number of benzene rings is 1. The van der Waals surface area contributed by atoms with Gasteiger partial charge in [-0.15, -0.1) is 0 Å². The van der Waals surface area contributed by atoms with E-state index in [1.807, 2.05) is 25.1 Å². The van der Waals surface area contributed by atoms with E-state index in [4.69, 9.17) is 16.2 Å². The van der Waals surface area contributed by atoms with Crippen LogP contribution in [0.2, 0.25) is 0 Å². The molecular weight excluding hydrogens is 180 g/mol. The molecule has 0 radical (unpaired) electrons. The zero-order valence-electron chi connectivity index (χ0n) is 8.07. The van der Waals surface area contributed by atoms with Gasteiger partial charge in [0.25, 0.3) is 5.91 Å². The summed E-state index contributed by atoms with van der Waals surface area (Å²) in [6.07, 6.45) is 0. The molecule has 4 N–H and O–H groups in total. The van der Waals surface area contributed by atoms with Crippen LogP contribution in [0.5, 0.6) is 5.75 Å². The molecule has 0 unspecified atom stereocenters. The average Bonchev–Trinajstić information content (AvgIpc) is 2.15. The molecule has 4 heteroatoms. The van der Waals surface area contributed by atoms with Crippen LogP contribution in [0.25, 0.3) is 0 Å². The summed E-state index contributed by atoms with van der Waals surface area (Å²) in [6.45, 7) is 1.73. The lowest BCUT2D eigenvalue weighted by Gasteiger charge is -2.12. The SMILES string of the molecule is C[C@@H](N)c1ccccc1OCC(N)=O. The van der Waals surface area contributed by atoms with E-state index in [1.54, 1.807) is 6.07 Å². The van der Waals surface area contributed by atoms with E-state index >= 15 is 0 Å². The van der Waals surface area contributed by atoms with Crippen LogP contribution in [0.1, 0.15) is 18.5 Å². The molecule has 4 nitrogen and oxygen atoms in total. The van der Waals surface area contributed by atoms with Gasteiger partial charge < -0.3 is 16.2 Å². The van der Waals surface area contributed by atoms with Crippen LogP contribution in [-0.4, -0.2) is 12.5 Å². The molecule has 0 saturated carbocycles. The molecule has 0 aliphatic heterocycles. The average molecular weight is 194 g/mol. The molecule has 0 spiro atoms. The van der Waals surface area contributed by atoms with Crippen molar-refractivity contribution in [1.82, 2.24) is 0 Å². The van der Waals surface area contributed by atoms with Gasteiger partial charge in [-0.05, 0) is 13.0 Å². The van der Waals surface area contributed by atoms with Gasteiger partial charge in [-0.3, -0.25) is 4.79 Å². The van der Waals surface area contributed by atoms with Gasteiger partial charge in [-0.25, -0.2) is 0 Å². The zero-order chi connectivity index (χ0) is 10.6. The fraction of sp³-hybridized carbons (Fsp3) is 0.300. The van der Waals surface area contributed by atoms with Crippen LogP contribution in [0.15, 0.2) is 24.3 Å². The number of primary amides is 1. The van der Waals surface area contributed by atoms with E-state index in [2.05, 4.69) is 0 Å². The van der Waals surface area contributed by atoms with Crippen molar-refractivity contribution < 1.29 is 9.53 Å². The van der Waals surface area contributed by atoms with Gasteiger partial charge in [-0.2, -0.15) is 0 Å². The highest BCUT2D eigenvalue weighted by Crippen LogP contribution is 2.22. The number of hydrogen-bond donors (Lipinski definition) is 2. The van der Waals surface area contributed by atoms with Crippen molar-refractivity contribution in [2.24, 2.45) is 11.5 Å². The molecule has 14 heavy (non-hydrogen) atoms. The van der Waals surface area contributed by atoms with E-state index in [1.165, 1.54) is 0 Å². The Bertz CT molecular complexity index is 324. The quantitative estimate of drug-likeness (QED) is 0.735. The fourth-order valence-electron chi connectivity index (χ4n) is 1.14. The second kappa shape index (κ2) is 4.62. The molecule has 1 aromatic rings. The van der Waals surface area contributed by atoms with Crippen LogP contribution in [0.3, 0.4) is 0 Å². The Morgan fingerprint density at radius 3 is 2.71 bits per heavy atom. The van der Waals surface area contributed by atoms with Crippen molar-refractivity contribution in [3.63, 3.8) is 0 Å². The van der Waals surface area contributed by atoms with Crippen molar-refractivity contribution in [2.45, 2.75) is 13.0 Å². The predicted molar refractivity (Wildman–Crippen MR) is 53.7 cm³/mol. The molecule has 0 heterocycles. The maximum Gasteiger partial charge on any atom is 0.255 e. The molecule has 0 bridgehead atoms. The standard InChI is InChI=1S/C10H14N2O2/c1-7(11)8-4-2-3-5-9(8)14-6-10(12)13/h2-5,7H,6,11H2,1H3,(H2,12,13)/t7-/m1/s1. The van der Waals surface area contributed by atoms with Crippen molar-refractivity contribution in [3.8, 4) is 5.75 Å². The first-order valence-electron chi connectivity index (χ1n) is 4.37. The Morgan fingerprint density at radius 2 is 2.14 bits per heavy atom. The Labute approximate surface area is 82.8 Å². The molecule has 0 saturated heterocycles. The Kier molecular flexibility index (Phi) is 3.48. The van der Waals surface area contributed by atoms with Gasteiger partial charge in [0.1, 0.15) is 5.75 Å². The smallest absolute Gasteiger partial charge is 0.255 e. The summed E-state index contributed by atoms with van der Waals surface area (Å²) in [5, 5.41) is 0. The molecule has 1 aromatic carbocycles. The minimum atomic E-state index is -0.496. The minimum absolute atomic E-state index is 0.121. The molecular formula is C10H14N2O2. The number of hydrogen-bond acceptors (Lipinski definition) is 3. The molecule has 0 fully saturated rings. The summed E-state index contributed by atoms with van der Waals surface area (Å²) in [5.74, 6) is 0.116. The number of ether oxygens (including phenoxy) is 1. The molecule has 76 valence electrons. The van der Waals surface area contributed by atoms with Gasteiger partial charge in [-0.1, -0.05) is 18.2 Å². The van der Waals surface area contributed by atoms with Gasteiger partial charge >= 0.3 is 0 Å².